The van der Waals surface area contributed by atoms with Crippen molar-refractivity contribution in [2.45, 2.75) is 77.7 Å². The highest BCUT2D eigenvalue weighted by molar-refractivity contribution is 6.10. The number of nitrogens with one attached hydrogen (secondary N) is 2. The van der Waals surface area contributed by atoms with Crippen LogP contribution < -0.4 is 41.4 Å². The number of nitrogens with two attached hydrogens (primary N) is 2. The Kier molecular flexibility index (Phi) is 12.2. The number of aromatic nitrogens is 6. The summed E-state index contributed by atoms with van der Waals surface area (Å²) in [6, 6.07) is 11.0. The zero-order valence-electron chi connectivity index (χ0n) is 39.2. The standard InChI is InChI=1S/2C24H29N7O3/c2*1-15(21(25)32)29-7-9-30(10-8-29)19-12-20-16(13-24(2,3)34-20)11-18(19)28-23(33)17-14-27-31-6-4-5-26-22(17)31/h2*4-6,11-12,14-15H,7-10,13H2,1-3H3,(H2,25,32)(H,28,33)/t2*15-/m10/s1. The van der Waals surface area contributed by atoms with Crippen molar-refractivity contribution < 1.29 is 28.7 Å². The lowest BCUT2D eigenvalue weighted by molar-refractivity contribution is -0.123. The van der Waals surface area contributed by atoms with Crippen LogP contribution in [0.3, 0.4) is 0 Å². The van der Waals surface area contributed by atoms with E-state index in [-0.39, 0.29) is 46.9 Å². The number of amides is 4. The Morgan fingerprint density at radius 2 is 0.985 bits per heavy atom. The predicted octanol–water partition coefficient (Wildman–Crippen LogP) is 3.38. The summed E-state index contributed by atoms with van der Waals surface area (Å²) < 4.78 is 15.5. The molecule has 2 atom stereocenters. The third kappa shape index (κ3) is 9.33. The first-order valence-corrected chi connectivity index (χ1v) is 22.9. The molecule has 0 saturated carbocycles. The van der Waals surface area contributed by atoms with Crippen molar-refractivity contribution in [3.63, 3.8) is 0 Å². The maximum absolute atomic E-state index is 13.3. The molecule has 4 aliphatic heterocycles. The van der Waals surface area contributed by atoms with E-state index in [0.717, 1.165) is 58.2 Å². The number of carbonyl (C=O) groups excluding carboxylic acids is 4. The largest absolute Gasteiger partial charge is 0.487 e. The van der Waals surface area contributed by atoms with Gasteiger partial charge in [-0.05, 0) is 65.8 Å². The Hall–Kier alpha value is -7.32. The van der Waals surface area contributed by atoms with Crippen LogP contribution in [-0.2, 0) is 22.4 Å². The fourth-order valence-electron chi connectivity index (χ4n) is 9.42. The number of anilines is 4. The van der Waals surface area contributed by atoms with Crippen LogP contribution in [-0.4, -0.2) is 138 Å². The quantitative estimate of drug-likeness (QED) is 0.154. The summed E-state index contributed by atoms with van der Waals surface area (Å²) >= 11 is 0. The molecule has 6 aromatic rings. The summed E-state index contributed by atoms with van der Waals surface area (Å²) in [5.41, 5.74) is 17.5. The molecule has 0 unspecified atom stereocenters. The van der Waals surface area contributed by atoms with Crippen molar-refractivity contribution in [3.8, 4) is 11.5 Å². The fraction of sp³-hybridized carbons (Fsp3) is 0.417. The molecule has 356 valence electrons. The Morgan fingerprint density at radius 3 is 1.35 bits per heavy atom. The van der Waals surface area contributed by atoms with E-state index in [2.05, 4.69) is 78.1 Å². The molecule has 0 aliphatic carbocycles. The first-order valence-electron chi connectivity index (χ1n) is 22.9. The lowest BCUT2D eigenvalue weighted by Gasteiger charge is -2.38. The minimum Gasteiger partial charge on any atom is -0.487 e. The number of hydrogen-bond acceptors (Lipinski definition) is 14. The van der Waals surface area contributed by atoms with Gasteiger partial charge in [0.1, 0.15) is 33.8 Å². The van der Waals surface area contributed by atoms with Gasteiger partial charge in [-0.1, -0.05) is 0 Å². The Balaban J connectivity index is 0.000000170. The number of carbonyl (C=O) groups is 4. The minimum absolute atomic E-state index is 0.269. The van der Waals surface area contributed by atoms with Gasteiger partial charge in [-0.3, -0.25) is 29.0 Å². The molecular formula is C48H58N14O6. The molecule has 2 aromatic carbocycles. The first kappa shape index (κ1) is 45.8. The van der Waals surface area contributed by atoms with Crippen molar-refractivity contribution in [3.05, 3.63) is 95.8 Å². The van der Waals surface area contributed by atoms with E-state index in [0.29, 0.717) is 74.8 Å². The van der Waals surface area contributed by atoms with E-state index < -0.39 is 0 Å². The van der Waals surface area contributed by atoms with Crippen molar-refractivity contribution in [1.82, 2.24) is 39.0 Å². The molecule has 8 heterocycles. The number of fused-ring (bicyclic) bond motifs is 4. The number of ether oxygens (including phenoxy) is 2. The van der Waals surface area contributed by atoms with Crippen LogP contribution in [0.1, 0.15) is 73.4 Å². The van der Waals surface area contributed by atoms with E-state index in [4.69, 9.17) is 20.9 Å². The molecule has 4 amide bonds. The smallest absolute Gasteiger partial charge is 0.261 e. The number of rotatable bonds is 10. The molecule has 0 bridgehead atoms. The molecule has 10 rings (SSSR count). The molecule has 4 aromatic heterocycles. The third-order valence-corrected chi connectivity index (χ3v) is 13.1. The summed E-state index contributed by atoms with van der Waals surface area (Å²) in [6.45, 7) is 17.4. The average molecular weight is 927 g/mol. The minimum atomic E-state index is -0.323. The average Bonchev–Trinajstić information content (AvgIpc) is 4.09. The number of nitrogens with zero attached hydrogens (tertiary/aromatic N) is 10. The maximum atomic E-state index is 13.3. The zero-order valence-corrected chi connectivity index (χ0v) is 39.2. The van der Waals surface area contributed by atoms with Gasteiger partial charge >= 0.3 is 0 Å². The number of piperazine rings is 2. The molecule has 4 aliphatic rings. The number of benzene rings is 2. The molecular weight excluding hydrogens is 869 g/mol. The van der Waals surface area contributed by atoms with Crippen LogP contribution in [0.15, 0.2) is 73.6 Å². The molecule has 2 saturated heterocycles. The monoisotopic (exact) mass is 926 g/mol. The van der Waals surface area contributed by atoms with Gasteiger partial charge in [0.05, 0.1) is 47.2 Å². The summed E-state index contributed by atoms with van der Waals surface area (Å²) in [5.74, 6) is 0.489. The van der Waals surface area contributed by atoms with Gasteiger partial charge in [-0.15, -0.1) is 0 Å². The summed E-state index contributed by atoms with van der Waals surface area (Å²) in [6.07, 6.45) is 11.4. The van der Waals surface area contributed by atoms with Gasteiger partial charge in [0.2, 0.25) is 11.8 Å². The van der Waals surface area contributed by atoms with Crippen LogP contribution in [0.5, 0.6) is 11.5 Å². The predicted molar refractivity (Wildman–Crippen MR) is 256 cm³/mol. The van der Waals surface area contributed by atoms with Crippen molar-refractivity contribution in [1.29, 1.82) is 0 Å². The van der Waals surface area contributed by atoms with Crippen molar-refractivity contribution in [2.75, 3.05) is 72.8 Å². The zero-order chi connectivity index (χ0) is 48.1. The van der Waals surface area contributed by atoms with E-state index in [9.17, 15) is 19.2 Å². The molecule has 0 spiro atoms. The van der Waals surface area contributed by atoms with Gasteiger partial charge in [0.25, 0.3) is 11.8 Å². The normalized spacial score (nSPS) is 18.4. The van der Waals surface area contributed by atoms with E-state index in [1.54, 1.807) is 46.0 Å². The number of primary amides is 2. The molecule has 0 radical (unpaired) electrons. The Labute approximate surface area is 393 Å². The van der Waals surface area contributed by atoms with Crippen LogP contribution in [0.4, 0.5) is 22.7 Å². The second-order valence-corrected chi connectivity index (χ2v) is 19.0. The SMILES string of the molecule is C[C@@H](C(N)=O)N1CCN(c2cc3c(cc2NC(=O)c2cnn4cccnc24)CC(C)(C)O3)CC1.C[C@H](C(N)=O)N1CCN(c2cc3c(cc2NC(=O)c2cnn4cccnc24)CC(C)(C)O3)CC1. The first-order chi connectivity index (χ1) is 32.4. The number of hydrogen-bond donors (Lipinski definition) is 4. The molecule has 20 heteroatoms. The van der Waals surface area contributed by atoms with Gasteiger partial charge in [0, 0.05) is 113 Å². The topological polar surface area (TPSA) is 236 Å². The summed E-state index contributed by atoms with van der Waals surface area (Å²) in [7, 11) is 0. The van der Waals surface area contributed by atoms with Gasteiger partial charge in [-0.25, -0.2) is 19.0 Å². The second kappa shape index (κ2) is 18.1. The highest BCUT2D eigenvalue weighted by Gasteiger charge is 2.35. The highest BCUT2D eigenvalue weighted by atomic mass is 16.5. The third-order valence-electron chi connectivity index (χ3n) is 13.1. The molecule has 2 fully saturated rings. The van der Waals surface area contributed by atoms with Crippen molar-refractivity contribution >= 4 is 57.7 Å². The van der Waals surface area contributed by atoms with E-state index in [1.807, 2.05) is 38.1 Å². The fourth-order valence-corrected chi connectivity index (χ4v) is 9.42. The van der Waals surface area contributed by atoms with E-state index in [1.165, 1.54) is 12.4 Å². The van der Waals surface area contributed by atoms with Crippen LogP contribution >= 0.6 is 0 Å². The van der Waals surface area contributed by atoms with Crippen LogP contribution in [0.25, 0.3) is 11.3 Å². The van der Waals surface area contributed by atoms with Gasteiger partial charge in [-0.2, -0.15) is 10.2 Å². The maximum Gasteiger partial charge on any atom is 0.261 e. The highest BCUT2D eigenvalue weighted by Crippen LogP contribution is 2.43. The molecule has 6 N–H and O–H groups in total. The van der Waals surface area contributed by atoms with Gasteiger partial charge in [0.15, 0.2) is 11.3 Å². The van der Waals surface area contributed by atoms with Crippen molar-refractivity contribution in [2.24, 2.45) is 11.5 Å². The summed E-state index contributed by atoms with van der Waals surface area (Å²) in [4.78, 5) is 66.9. The molecule has 68 heavy (non-hydrogen) atoms. The second-order valence-electron chi connectivity index (χ2n) is 19.0. The van der Waals surface area contributed by atoms with Gasteiger partial charge < -0.3 is 41.4 Å². The molecule has 20 nitrogen and oxygen atoms in total. The lowest BCUT2D eigenvalue weighted by Crippen LogP contribution is -2.53. The Bertz CT molecular complexity index is 2720. The van der Waals surface area contributed by atoms with Crippen LogP contribution in [0, 0.1) is 0 Å². The van der Waals surface area contributed by atoms with Crippen LogP contribution in [0.2, 0.25) is 0 Å². The summed E-state index contributed by atoms with van der Waals surface area (Å²) in [5, 5.41) is 14.6. The lowest BCUT2D eigenvalue weighted by atomic mass is 10.0. The Morgan fingerprint density at radius 1 is 0.603 bits per heavy atom. The van der Waals surface area contributed by atoms with E-state index >= 15 is 0 Å².